The van der Waals surface area contributed by atoms with Crippen LogP contribution in [0.2, 0.25) is 0 Å². The molecule has 0 aliphatic heterocycles. The number of nitrogens with zero attached hydrogens (tertiary/aromatic N) is 2. The Labute approximate surface area is 111 Å². The highest BCUT2D eigenvalue weighted by Crippen LogP contribution is 2.17. The van der Waals surface area contributed by atoms with Crippen LogP contribution in [0.4, 0.5) is 0 Å². The average Bonchev–Trinajstić information content (AvgIpc) is 2.80. The van der Waals surface area contributed by atoms with Crippen molar-refractivity contribution in [2.75, 3.05) is 0 Å². The molecule has 0 bridgehead atoms. The Morgan fingerprint density at radius 3 is 2.58 bits per heavy atom. The summed E-state index contributed by atoms with van der Waals surface area (Å²) >= 11 is 0. The molecule has 2 aromatic heterocycles. The first kappa shape index (κ1) is 13.5. The van der Waals surface area contributed by atoms with Gasteiger partial charge in [-0.1, -0.05) is 0 Å². The number of hydrogen-bond donors (Lipinski definition) is 3. The zero-order valence-electron chi connectivity index (χ0n) is 11.6. The van der Waals surface area contributed by atoms with Crippen LogP contribution < -0.4 is 10.9 Å². The molecule has 6 heteroatoms. The summed E-state index contributed by atoms with van der Waals surface area (Å²) in [7, 11) is 0. The fourth-order valence-corrected chi connectivity index (χ4v) is 2.30. The molecule has 2 heterocycles. The molecule has 3 N–H and O–H groups in total. The third-order valence-electron chi connectivity index (χ3n) is 3.22. The van der Waals surface area contributed by atoms with Gasteiger partial charge in [0, 0.05) is 29.5 Å². The molecule has 2 rings (SSSR count). The second-order valence-corrected chi connectivity index (χ2v) is 4.79. The monoisotopic (exact) mass is 261 g/mol. The zero-order valence-corrected chi connectivity index (χ0v) is 11.6. The molecular weight excluding hydrogens is 242 g/mol. The number of rotatable bonds is 4. The van der Waals surface area contributed by atoms with Gasteiger partial charge in [-0.3, -0.25) is 9.89 Å². The van der Waals surface area contributed by atoms with Crippen LogP contribution in [0.5, 0.6) is 0 Å². The van der Waals surface area contributed by atoms with E-state index in [1.165, 1.54) is 0 Å². The number of aromatic nitrogens is 4. The Balaban J connectivity index is 2.21. The van der Waals surface area contributed by atoms with Crippen molar-refractivity contribution in [3.8, 4) is 0 Å². The number of H-pyrrole nitrogens is 2. The molecule has 0 radical (unpaired) electrons. The van der Waals surface area contributed by atoms with Crippen molar-refractivity contribution in [1.29, 1.82) is 0 Å². The first-order valence-electron chi connectivity index (χ1n) is 6.31. The van der Waals surface area contributed by atoms with Crippen LogP contribution in [0.3, 0.4) is 0 Å². The number of aromatic amines is 2. The summed E-state index contributed by atoms with van der Waals surface area (Å²) in [6, 6.07) is 0.0237. The van der Waals surface area contributed by atoms with Crippen LogP contribution in [-0.4, -0.2) is 20.2 Å². The molecule has 2 aromatic rings. The van der Waals surface area contributed by atoms with Crippen LogP contribution in [0, 0.1) is 13.8 Å². The standard InChI is InChI=1S/C13H19N5O/c1-7(11-5-14-15-6-11)16-8(2)12-9(3)17-10(4)18-13(12)19/h5-8,16H,1-4H3,(H,14,15)(H,17,18,19). The lowest BCUT2D eigenvalue weighted by Gasteiger charge is -2.20. The van der Waals surface area contributed by atoms with E-state index in [-0.39, 0.29) is 17.6 Å². The lowest BCUT2D eigenvalue weighted by Crippen LogP contribution is -2.29. The van der Waals surface area contributed by atoms with Crippen molar-refractivity contribution in [2.45, 2.75) is 39.8 Å². The minimum absolute atomic E-state index is 0.0793. The van der Waals surface area contributed by atoms with E-state index in [9.17, 15) is 4.79 Å². The molecular formula is C13H19N5O. The molecule has 0 amide bonds. The fourth-order valence-electron chi connectivity index (χ4n) is 2.30. The SMILES string of the molecule is Cc1nc(C)c(C(C)NC(C)c2cn[nH]c2)c(=O)[nH]1. The largest absolute Gasteiger partial charge is 0.310 e. The van der Waals surface area contributed by atoms with Gasteiger partial charge < -0.3 is 10.3 Å². The summed E-state index contributed by atoms with van der Waals surface area (Å²) in [6.45, 7) is 7.64. The van der Waals surface area contributed by atoms with E-state index in [1.807, 2.05) is 27.0 Å². The van der Waals surface area contributed by atoms with E-state index in [0.717, 1.165) is 11.3 Å². The highest BCUT2D eigenvalue weighted by Gasteiger charge is 2.17. The third-order valence-corrected chi connectivity index (χ3v) is 3.22. The minimum Gasteiger partial charge on any atom is -0.310 e. The molecule has 0 aliphatic rings. The quantitative estimate of drug-likeness (QED) is 0.779. The van der Waals surface area contributed by atoms with Gasteiger partial charge in [0.1, 0.15) is 5.82 Å². The van der Waals surface area contributed by atoms with Gasteiger partial charge in [0.25, 0.3) is 5.56 Å². The maximum Gasteiger partial charge on any atom is 0.255 e. The van der Waals surface area contributed by atoms with E-state index in [1.54, 1.807) is 13.1 Å². The lowest BCUT2D eigenvalue weighted by molar-refractivity contribution is 0.488. The number of nitrogens with one attached hydrogen (secondary N) is 3. The Bertz CT molecular complexity index is 602. The Morgan fingerprint density at radius 2 is 2.00 bits per heavy atom. The van der Waals surface area contributed by atoms with Gasteiger partial charge >= 0.3 is 0 Å². The number of aryl methyl sites for hydroxylation is 2. The van der Waals surface area contributed by atoms with Crippen molar-refractivity contribution < 1.29 is 0 Å². The molecule has 102 valence electrons. The molecule has 0 fully saturated rings. The summed E-state index contributed by atoms with van der Waals surface area (Å²) in [5.41, 5.74) is 2.42. The summed E-state index contributed by atoms with van der Waals surface area (Å²) < 4.78 is 0. The van der Waals surface area contributed by atoms with Crippen molar-refractivity contribution >= 4 is 0 Å². The van der Waals surface area contributed by atoms with Gasteiger partial charge in [0.15, 0.2) is 0 Å². The van der Waals surface area contributed by atoms with E-state index in [2.05, 4.69) is 25.5 Å². The van der Waals surface area contributed by atoms with Gasteiger partial charge in [-0.05, 0) is 27.7 Å². The van der Waals surface area contributed by atoms with E-state index < -0.39 is 0 Å². The predicted molar refractivity (Wildman–Crippen MR) is 72.9 cm³/mol. The van der Waals surface area contributed by atoms with Crippen molar-refractivity contribution in [2.24, 2.45) is 0 Å². The summed E-state index contributed by atoms with van der Waals surface area (Å²) in [6.07, 6.45) is 3.61. The highest BCUT2D eigenvalue weighted by atomic mass is 16.1. The molecule has 0 aliphatic carbocycles. The summed E-state index contributed by atoms with van der Waals surface area (Å²) in [4.78, 5) is 19.1. The van der Waals surface area contributed by atoms with Crippen LogP contribution in [0.1, 0.15) is 48.6 Å². The van der Waals surface area contributed by atoms with Crippen LogP contribution in [-0.2, 0) is 0 Å². The summed E-state index contributed by atoms with van der Waals surface area (Å²) in [5, 5.41) is 10.1. The molecule has 0 saturated carbocycles. The van der Waals surface area contributed by atoms with Gasteiger partial charge in [0.2, 0.25) is 0 Å². The zero-order chi connectivity index (χ0) is 14.0. The smallest absolute Gasteiger partial charge is 0.255 e. The van der Waals surface area contributed by atoms with Gasteiger partial charge in [-0.2, -0.15) is 5.10 Å². The normalized spacial score (nSPS) is 14.3. The fraction of sp³-hybridized carbons (Fsp3) is 0.462. The van der Waals surface area contributed by atoms with Crippen molar-refractivity contribution in [3.63, 3.8) is 0 Å². The lowest BCUT2D eigenvalue weighted by atomic mass is 10.1. The van der Waals surface area contributed by atoms with E-state index in [0.29, 0.717) is 11.4 Å². The molecule has 2 atom stereocenters. The molecule has 2 unspecified atom stereocenters. The van der Waals surface area contributed by atoms with E-state index >= 15 is 0 Å². The minimum atomic E-state index is -0.0817. The molecule has 0 spiro atoms. The van der Waals surface area contributed by atoms with Crippen LogP contribution in [0.25, 0.3) is 0 Å². The van der Waals surface area contributed by atoms with E-state index in [4.69, 9.17) is 0 Å². The maximum absolute atomic E-state index is 12.0. The second kappa shape index (κ2) is 5.36. The Morgan fingerprint density at radius 1 is 1.26 bits per heavy atom. The predicted octanol–water partition coefficient (Wildman–Crippen LogP) is 1.52. The first-order chi connectivity index (χ1) is 8.99. The second-order valence-electron chi connectivity index (χ2n) is 4.79. The molecule has 0 saturated heterocycles. The van der Waals surface area contributed by atoms with Crippen molar-refractivity contribution in [3.05, 3.63) is 45.4 Å². The molecule has 6 nitrogen and oxygen atoms in total. The van der Waals surface area contributed by atoms with Gasteiger partial charge in [-0.15, -0.1) is 0 Å². The Kier molecular flexibility index (Phi) is 3.80. The number of hydrogen-bond acceptors (Lipinski definition) is 4. The van der Waals surface area contributed by atoms with Crippen LogP contribution >= 0.6 is 0 Å². The summed E-state index contributed by atoms with van der Waals surface area (Å²) in [5.74, 6) is 0.640. The maximum atomic E-state index is 12.0. The third kappa shape index (κ3) is 2.90. The van der Waals surface area contributed by atoms with Crippen molar-refractivity contribution in [1.82, 2.24) is 25.5 Å². The highest BCUT2D eigenvalue weighted by molar-refractivity contribution is 5.21. The Hall–Kier alpha value is -1.95. The molecule has 0 aromatic carbocycles. The first-order valence-corrected chi connectivity index (χ1v) is 6.31. The van der Waals surface area contributed by atoms with Gasteiger partial charge in [-0.25, -0.2) is 4.98 Å². The van der Waals surface area contributed by atoms with Gasteiger partial charge in [0.05, 0.1) is 11.8 Å². The molecule has 19 heavy (non-hydrogen) atoms. The topological polar surface area (TPSA) is 86.5 Å². The average molecular weight is 261 g/mol. The van der Waals surface area contributed by atoms with Crippen LogP contribution in [0.15, 0.2) is 17.2 Å².